The Balaban J connectivity index is 2.48. The van der Waals surface area contributed by atoms with Crippen LogP contribution in [-0.4, -0.2) is 35.1 Å². The molecule has 0 fully saturated rings. The molecule has 1 unspecified atom stereocenters. The molecule has 1 aromatic heterocycles. The minimum Gasteiger partial charge on any atom is -0.383 e. The van der Waals surface area contributed by atoms with Crippen LogP contribution in [0.15, 0.2) is 36.5 Å². The molecule has 20 heavy (non-hydrogen) atoms. The lowest BCUT2D eigenvalue weighted by Gasteiger charge is -2.28. The van der Waals surface area contributed by atoms with Gasteiger partial charge in [-0.2, -0.15) is 5.10 Å². The maximum atomic E-state index is 11.0. The smallest absolute Gasteiger partial charge is 0.145 e. The first-order valence-electron chi connectivity index (χ1n) is 6.32. The molecule has 108 valence electrons. The van der Waals surface area contributed by atoms with E-state index in [0.717, 1.165) is 0 Å². The van der Waals surface area contributed by atoms with Gasteiger partial charge in [-0.1, -0.05) is 41.9 Å². The first-order valence-corrected chi connectivity index (χ1v) is 6.70. The fourth-order valence-electron chi connectivity index (χ4n) is 2.19. The van der Waals surface area contributed by atoms with Gasteiger partial charge in [-0.3, -0.25) is 4.68 Å². The third-order valence-electron chi connectivity index (χ3n) is 3.24. The van der Waals surface area contributed by atoms with Gasteiger partial charge in [0.25, 0.3) is 0 Å². The number of aromatic nitrogens is 2. The molecule has 3 N–H and O–H groups in total. The molecular formula is C14H18ClN3O2. The summed E-state index contributed by atoms with van der Waals surface area (Å²) in [5, 5.41) is 15.6. The van der Waals surface area contributed by atoms with E-state index >= 15 is 0 Å². The molecule has 0 radical (unpaired) electrons. The third kappa shape index (κ3) is 2.71. The quantitative estimate of drug-likeness (QED) is 0.844. The van der Waals surface area contributed by atoms with E-state index in [1.165, 1.54) is 6.20 Å². The summed E-state index contributed by atoms with van der Waals surface area (Å²) in [6.45, 7) is 0.976. The maximum Gasteiger partial charge on any atom is 0.145 e. The predicted molar refractivity (Wildman–Crippen MR) is 77.6 cm³/mol. The highest BCUT2D eigenvalue weighted by Gasteiger charge is 2.35. The van der Waals surface area contributed by atoms with E-state index in [1.807, 2.05) is 30.3 Å². The Morgan fingerprint density at radius 2 is 2.10 bits per heavy atom. The van der Waals surface area contributed by atoms with Crippen LogP contribution in [0.2, 0.25) is 5.02 Å². The largest absolute Gasteiger partial charge is 0.383 e. The van der Waals surface area contributed by atoms with Crippen LogP contribution in [0.5, 0.6) is 0 Å². The standard InChI is InChI=1S/C14H18ClN3O2/c1-20-8-7-18-13(12(15)9-17-18)14(19,10-16)11-5-3-2-4-6-11/h2-6,9,19H,7-8,10,16H2,1H3. The summed E-state index contributed by atoms with van der Waals surface area (Å²) in [6.07, 6.45) is 1.51. The molecule has 6 heteroatoms. The second kappa shape index (κ2) is 6.37. The Morgan fingerprint density at radius 1 is 1.40 bits per heavy atom. The molecule has 0 bridgehead atoms. The van der Waals surface area contributed by atoms with E-state index in [1.54, 1.807) is 11.8 Å². The van der Waals surface area contributed by atoms with Crippen molar-refractivity contribution in [2.75, 3.05) is 20.3 Å². The van der Waals surface area contributed by atoms with Crippen LogP contribution in [-0.2, 0) is 16.9 Å². The average molecular weight is 296 g/mol. The van der Waals surface area contributed by atoms with Crippen LogP contribution in [0.4, 0.5) is 0 Å². The fraction of sp³-hybridized carbons (Fsp3) is 0.357. The van der Waals surface area contributed by atoms with Crippen molar-refractivity contribution >= 4 is 11.6 Å². The third-order valence-corrected chi connectivity index (χ3v) is 3.52. The van der Waals surface area contributed by atoms with Gasteiger partial charge in [0.05, 0.1) is 30.1 Å². The highest BCUT2D eigenvalue weighted by molar-refractivity contribution is 6.31. The lowest BCUT2D eigenvalue weighted by atomic mass is 9.90. The molecule has 0 aliphatic heterocycles. The van der Waals surface area contributed by atoms with E-state index in [4.69, 9.17) is 22.1 Å². The zero-order valence-electron chi connectivity index (χ0n) is 11.3. The molecule has 0 amide bonds. The summed E-state index contributed by atoms with van der Waals surface area (Å²) in [5.74, 6) is 0. The Bertz CT molecular complexity index is 559. The number of methoxy groups -OCH3 is 1. The SMILES string of the molecule is COCCn1ncc(Cl)c1C(O)(CN)c1ccccc1. The number of nitrogens with two attached hydrogens (primary N) is 1. The fourth-order valence-corrected chi connectivity index (χ4v) is 2.48. The van der Waals surface area contributed by atoms with Crippen LogP contribution in [0.1, 0.15) is 11.3 Å². The second-order valence-corrected chi connectivity index (χ2v) is 4.89. The zero-order valence-corrected chi connectivity index (χ0v) is 12.0. The zero-order chi connectivity index (χ0) is 14.6. The summed E-state index contributed by atoms with van der Waals surface area (Å²) >= 11 is 6.20. The first kappa shape index (κ1) is 15.0. The Hall–Kier alpha value is -1.40. The van der Waals surface area contributed by atoms with Crippen LogP contribution in [0, 0.1) is 0 Å². The van der Waals surface area contributed by atoms with Gasteiger partial charge in [-0.15, -0.1) is 0 Å². The van der Waals surface area contributed by atoms with Crippen molar-refractivity contribution in [2.45, 2.75) is 12.1 Å². The number of hydrogen-bond donors (Lipinski definition) is 2. The minimum atomic E-state index is -1.37. The number of nitrogens with zero attached hydrogens (tertiary/aromatic N) is 2. The summed E-state index contributed by atoms with van der Waals surface area (Å²) in [5.41, 5.74) is 5.62. The van der Waals surface area contributed by atoms with Gasteiger partial charge in [-0.05, 0) is 5.56 Å². The summed E-state index contributed by atoms with van der Waals surface area (Å²) in [6, 6.07) is 9.21. The van der Waals surface area contributed by atoms with Crippen molar-refractivity contribution in [2.24, 2.45) is 5.73 Å². The van der Waals surface area contributed by atoms with Gasteiger partial charge in [-0.25, -0.2) is 0 Å². The van der Waals surface area contributed by atoms with E-state index in [9.17, 15) is 5.11 Å². The van der Waals surface area contributed by atoms with Gasteiger partial charge in [0.1, 0.15) is 5.60 Å². The van der Waals surface area contributed by atoms with E-state index in [-0.39, 0.29) is 6.54 Å². The molecule has 1 atom stereocenters. The summed E-state index contributed by atoms with van der Waals surface area (Å²) in [7, 11) is 1.61. The maximum absolute atomic E-state index is 11.0. The highest BCUT2D eigenvalue weighted by atomic mass is 35.5. The number of aliphatic hydroxyl groups is 1. The normalized spacial score (nSPS) is 14.2. The van der Waals surface area contributed by atoms with Crippen molar-refractivity contribution in [1.29, 1.82) is 0 Å². The Labute approximate surface area is 122 Å². The van der Waals surface area contributed by atoms with Crippen molar-refractivity contribution in [3.8, 4) is 0 Å². The predicted octanol–water partition coefficient (Wildman–Crippen LogP) is 1.38. The molecule has 2 rings (SSSR count). The van der Waals surface area contributed by atoms with Crippen LogP contribution >= 0.6 is 11.6 Å². The molecule has 0 aliphatic rings. The average Bonchev–Trinajstić information content (AvgIpc) is 2.86. The second-order valence-electron chi connectivity index (χ2n) is 4.49. The van der Waals surface area contributed by atoms with Gasteiger partial charge in [0, 0.05) is 13.7 Å². The van der Waals surface area contributed by atoms with Crippen molar-refractivity contribution in [3.05, 3.63) is 52.8 Å². The van der Waals surface area contributed by atoms with Gasteiger partial charge >= 0.3 is 0 Å². The molecule has 5 nitrogen and oxygen atoms in total. The van der Waals surface area contributed by atoms with Crippen LogP contribution < -0.4 is 5.73 Å². The lowest BCUT2D eigenvalue weighted by Crippen LogP contribution is -2.39. The van der Waals surface area contributed by atoms with E-state index < -0.39 is 5.60 Å². The number of halogens is 1. The number of hydrogen-bond acceptors (Lipinski definition) is 4. The summed E-state index contributed by atoms with van der Waals surface area (Å²) < 4.78 is 6.68. The molecule has 1 aromatic carbocycles. The molecule has 2 aromatic rings. The van der Waals surface area contributed by atoms with Gasteiger partial charge < -0.3 is 15.6 Å². The Morgan fingerprint density at radius 3 is 2.70 bits per heavy atom. The van der Waals surface area contributed by atoms with Crippen molar-refractivity contribution < 1.29 is 9.84 Å². The molecule has 0 spiro atoms. The lowest BCUT2D eigenvalue weighted by molar-refractivity contribution is 0.0773. The molecule has 1 heterocycles. The number of benzene rings is 1. The number of rotatable bonds is 6. The van der Waals surface area contributed by atoms with Crippen LogP contribution in [0.25, 0.3) is 0 Å². The first-order chi connectivity index (χ1) is 9.63. The molecule has 0 saturated heterocycles. The highest BCUT2D eigenvalue weighted by Crippen LogP contribution is 2.33. The monoisotopic (exact) mass is 295 g/mol. The van der Waals surface area contributed by atoms with Crippen molar-refractivity contribution in [1.82, 2.24) is 9.78 Å². The number of ether oxygens (including phenoxy) is 1. The van der Waals surface area contributed by atoms with Gasteiger partial charge in [0.15, 0.2) is 0 Å². The minimum absolute atomic E-state index is 0.00933. The van der Waals surface area contributed by atoms with Crippen molar-refractivity contribution in [3.63, 3.8) is 0 Å². The van der Waals surface area contributed by atoms with E-state index in [0.29, 0.717) is 29.4 Å². The topological polar surface area (TPSA) is 73.3 Å². The Kier molecular flexibility index (Phi) is 4.77. The van der Waals surface area contributed by atoms with Crippen LogP contribution in [0.3, 0.4) is 0 Å². The molecule has 0 aliphatic carbocycles. The molecule has 0 saturated carbocycles. The van der Waals surface area contributed by atoms with E-state index in [2.05, 4.69) is 5.10 Å². The molecular weight excluding hydrogens is 278 g/mol. The summed E-state index contributed by atoms with van der Waals surface area (Å²) in [4.78, 5) is 0. The van der Waals surface area contributed by atoms with Gasteiger partial charge in [0.2, 0.25) is 0 Å².